The molecular formula is C10H17N3O. The standard InChI is InChI=1S/C10H17N3O/c1-8(2)12-10(14)11-6-9-4-5-13(3)7-9/h4-5,7-8H,6H2,1-3H3,(H2,11,12,14). The van der Waals surface area contributed by atoms with Crippen LogP contribution in [0.4, 0.5) is 4.79 Å². The summed E-state index contributed by atoms with van der Waals surface area (Å²) in [6.45, 7) is 4.43. The topological polar surface area (TPSA) is 46.1 Å². The Labute approximate surface area is 84.3 Å². The van der Waals surface area contributed by atoms with Crippen molar-refractivity contribution in [2.45, 2.75) is 26.4 Å². The number of aryl methyl sites for hydroxylation is 1. The van der Waals surface area contributed by atoms with E-state index in [0.717, 1.165) is 5.56 Å². The van der Waals surface area contributed by atoms with Crippen LogP contribution in [0.25, 0.3) is 0 Å². The highest BCUT2D eigenvalue weighted by Gasteiger charge is 2.01. The summed E-state index contributed by atoms with van der Waals surface area (Å²) in [6.07, 6.45) is 3.94. The first kappa shape index (κ1) is 10.6. The highest BCUT2D eigenvalue weighted by Crippen LogP contribution is 1.97. The van der Waals surface area contributed by atoms with Crippen LogP contribution in [0.15, 0.2) is 18.5 Å². The zero-order valence-corrected chi connectivity index (χ0v) is 8.87. The molecule has 0 aliphatic heterocycles. The third-order valence-electron chi connectivity index (χ3n) is 1.77. The first-order valence-electron chi connectivity index (χ1n) is 4.73. The van der Waals surface area contributed by atoms with E-state index in [4.69, 9.17) is 0 Å². The van der Waals surface area contributed by atoms with Crippen molar-refractivity contribution in [1.82, 2.24) is 15.2 Å². The highest BCUT2D eigenvalue weighted by atomic mass is 16.2. The zero-order valence-electron chi connectivity index (χ0n) is 8.87. The van der Waals surface area contributed by atoms with Gasteiger partial charge in [0.05, 0.1) is 0 Å². The van der Waals surface area contributed by atoms with Crippen molar-refractivity contribution in [3.8, 4) is 0 Å². The lowest BCUT2D eigenvalue weighted by atomic mass is 10.3. The van der Waals surface area contributed by atoms with Crippen molar-refractivity contribution in [3.05, 3.63) is 24.0 Å². The Bertz CT molecular complexity index is 304. The van der Waals surface area contributed by atoms with E-state index >= 15 is 0 Å². The fraction of sp³-hybridized carbons (Fsp3) is 0.500. The second-order valence-corrected chi connectivity index (χ2v) is 3.67. The van der Waals surface area contributed by atoms with Gasteiger partial charge in [0.2, 0.25) is 0 Å². The maximum absolute atomic E-state index is 11.2. The predicted molar refractivity (Wildman–Crippen MR) is 55.9 cm³/mol. The van der Waals surface area contributed by atoms with Crippen LogP contribution in [0.1, 0.15) is 19.4 Å². The quantitative estimate of drug-likeness (QED) is 0.748. The van der Waals surface area contributed by atoms with E-state index in [9.17, 15) is 4.79 Å². The number of nitrogens with one attached hydrogen (secondary N) is 2. The van der Waals surface area contributed by atoms with E-state index in [1.807, 2.05) is 43.9 Å². The Morgan fingerprint density at radius 2 is 2.29 bits per heavy atom. The smallest absolute Gasteiger partial charge is 0.315 e. The largest absolute Gasteiger partial charge is 0.357 e. The SMILES string of the molecule is CC(C)NC(=O)NCc1ccn(C)c1. The summed E-state index contributed by atoms with van der Waals surface area (Å²) in [5.74, 6) is 0. The van der Waals surface area contributed by atoms with Gasteiger partial charge in [-0.2, -0.15) is 0 Å². The fourth-order valence-corrected chi connectivity index (χ4v) is 1.16. The second-order valence-electron chi connectivity index (χ2n) is 3.67. The first-order valence-corrected chi connectivity index (χ1v) is 4.73. The Hall–Kier alpha value is -1.45. The highest BCUT2D eigenvalue weighted by molar-refractivity contribution is 5.74. The molecule has 4 heteroatoms. The number of amides is 2. The summed E-state index contributed by atoms with van der Waals surface area (Å²) in [5, 5.41) is 5.54. The van der Waals surface area contributed by atoms with Crippen LogP contribution < -0.4 is 10.6 Å². The van der Waals surface area contributed by atoms with Crippen molar-refractivity contribution in [2.75, 3.05) is 0 Å². The molecule has 4 nitrogen and oxygen atoms in total. The van der Waals surface area contributed by atoms with E-state index in [2.05, 4.69) is 10.6 Å². The monoisotopic (exact) mass is 195 g/mol. The van der Waals surface area contributed by atoms with Crippen LogP contribution in [-0.2, 0) is 13.6 Å². The van der Waals surface area contributed by atoms with Gasteiger partial charge in [0.1, 0.15) is 0 Å². The number of urea groups is 1. The molecule has 1 aromatic heterocycles. The van der Waals surface area contributed by atoms with Crippen molar-refractivity contribution in [1.29, 1.82) is 0 Å². The Morgan fingerprint density at radius 3 is 2.79 bits per heavy atom. The number of rotatable bonds is 3. The van der Waals surface area contributed by atoms with Gasteiger partial charge < -0.3 is 15.2 Å². The van der Waals surface area contributed by atoms with Crippen LogP contribution in [0, 0.1) is 0 Å². The molecule has 1 heterocycles. The summed E-state index contributed by atoms with van der Waals surface area (Å²) in [5.41, 5.74) is 1.10. The van der Waals surface area contributed by atoms with E-state index < -0.39 is 0 Å². The molecule has 0 fully saturated rings. The Morgan fingerprint density at radius 1 is 1.57 bits per heavy atom. The van der Waals surface area contributed by atoms with Gasteiger partial charge in [-0.3, -0.25) is 0 Å². The third kappa shape index (κ3) is 3.51. The van der Waals surface area contributed by atoms with Crippen molar-refractivity contribution < 1.29 is 4.79 Å². The summed E-state index contributed by atoms with van der Waals surface area (Å²) < 4.78 is 1.96. The van der Waals surface area contributed by atoms with Gasteiger partial charge in [-0.1, -0.05) is 0 Å². The number of aromatic nitrogens is 1. The maximum Gasteiger partial charge on any atom is 0.315 e. The normalized spacial score (nSPS) is 10.3. The van der Waals surface area contributed by atoms with Gasteiger partial charge in [-0.15, -0.1) is 0 Å². The molecular weight excluding hydrogens is 178 g/mol. The molecule has 14 heavy (non-hydrogen) atoms. The van der Waals surface area contributed by atoms with Crippen LogP contribution in [0.3, 0.4) is 0 Å². The van der Waals surface area contributed by atoms with Crippen LogP contribution in [0.5, 0.6) is 0 Å². The van der Waals surface area contributed by atoms with Crippen LogP contribution >= 0.6 is 0 Å². The minimum atomic E-state index is -0.121. The van der Waals surface area contributed by atoms with Gasteiger partial charge in [-0.05, 0) is 25.5 Å². The molecule has 0 aliphatic carbocycles. The average Bonchev–Trinajstić information content (AvgIpc) is 2.47. The second kappa shape index (κ2) is 4.69. The molecule has 0 saturated carbocycles. The summed E-state index contributed by atoms with van der Waals surface area (Å²) in [6, 6.07) is 2.03. The number of hydrogen-bond acceptors (Lipinski definition) is 1. The van der Waals surface area contributed by atoms with E-state index in [-0.39, 0.29) is 12.1 Å². The minimum absolute atomic E-state index is 0.121. The van der Waals surface area contributed by atoms with Crippen LogP contribution in [-0.4, -0.2) is 16.6 Å². The molecule has 1 aromatic rings. The van der Waals surface area contributed by atoms with Gasteiger partial charge in [0.15, 0.2) is 0 Å². The Kier molecular flexibility index (Phi) is 3.56. The fourth-order valence-electron chi connectivity index (χ4n) is 1.16. The van der Waals surface area contributed by atoms with Crippen LogP contribution in [0.2, 0.25) is 0 Å². The minimum Gasteiger partial charge on any atom is -0.357 e. The maximum atomic E-state index is 11.2. The molecule has 0 aliphatic rings. The predicted octanol–water partition coefficient (Wildman–Crippen LogP) is 1.23. The lowest BCUT2D eigenvalue weighted by molar-refractivity contribution is 0.238. The number of nitrogens with zero attached hydrogens (tertiary/aromatic N) is 1. The van der Waals surface area contributed by atoms with E-state index in [1.54, 1.807) is 0 Å². The zero-order chi connectivity index (χ0) is 10.6. The van der Waals surface area contributed by atoms with E-state index in [0.29, 0.717) is 6.54 Å². The molecule has 0 bridgehead atoms. The van der Waals surface area contributed by atoms with Crippen molar-refractivity contribution >= 4 is 6.03 Å². The van der Waals surface area contributed by atoms with Crippen molar-refractivity contribution in [3.63, 3.8) is 0 Å². The third-order valence-corrected chi connectivity index (χ3v) is 1.77. The molecule has 0 spiro atoms. The number of carbonyl (C=O) groups excluding carboxylic acids is 1. The Balaban J connectivity index is 2.30. The van der Waals surface area contributed by atoms with E-state index in [1.165, 1.54) is 0 Å². The number of hydrogen-bond donors (Lipinski definition) is 2. The molecule has 0 unspecified atom stereocenters. The molecule has 1 rings (SSSR count). The molecule has 78 valence electrons. The van der Waals surface area contributed by atoms with Gasteiger partial charge >= 0.3 is 6.03 Å². The average molecular weight is 195 g/mol. The van der Waals surface area contributed by atoms with Gasteiger partial charge in [0.25, 0.3) is 0 Å². The molecule has 2 amide bonds. The van der Waals surface area contributed by atoms with Gasteiger partial charge in [-0.25, -0.2) is 4.79 Å². The lowest BCUT2D eigenvalue weighted by Crippen LogP contribution is -2.38. The number of carbonyl (C=O) groups is 1. The lowest BCUT2D eigenvalue weighted by Gasteiger charge is -2.09. The molecule has 0 aromatic carbocycles. The molecule has 0 atom stereocenters. The molecule has 0 radical (unpaired) electrons. The summed E-state index contributed by atoms with van der Waals surface area (Å²) in [4.78, 5) is 11.2. The molecule has 2 N–H and O–H groups in total. The summed E-state index contributed by atoms with van der Waals surface area (Å²) >= 11 is 0. The van der Waals surface area contributed by atoms with Gasteiger partial charge in [0, 0.05) is 32.0 Å². The van der Waals surface area contributed by atoms with Crippen molar-refractivity contribution in [2.24, 2.45) is 7.05 Å². The summed E-state index contributed by atoms with van der Waals surface area (Å²) in [7, 11) is 1.96. The first-order chi connectivity index (χ1) is 6.58. The molecule has 0 saturated heterocycles.